The van der Waals surface area contributed by atoms with Crippen molar-refractivity contribution in [3.05, 3.63) is 30.0 Å². The zero-order valence-corrected chi connectivity index (χ0v) is 13.2. The highest BCUT2D eigenvalue weighted by Crippen LogP contribution is 2.32. The Bertz CT molecular complexity index is 864. The van der Waals surface area contributed by atoms with E-state index in [0.717, 1.165) is 23.9 Å². The molecule has 2 aromatic rings. The van der Waals surface area contributed by atoms with Crippen molar-refractivity contribution in [3.63, 3.8) is 0 Å². The van der Waals surface area contributed by atoms with E-state index in [1.165, 1.54) is 0 Å². The quantitative estimate of drug-likeness (QED) is 0.925. The number of carbonyl (C=O) groups excluding carboxylic acids is 1. The largest absolute Gasteiger partial charge is 0.348 e. The van der Waals surface area contributed by atoms with E-state index in [9.17, 15) is 4.79 Å². The van der Waals surface area contributed by atoms with E-state index in [4.69, 9.17) is 5.48 Å². The van der Waals surface area contributed by atoms with Crippen LogP contribution in [0.15, 0.2) is 24.3 Å². The first kappa shape index (κ1) is 10.8. The van der Waals surface area contributed by atoms with Crippen LogP contribution in [0.4, 0.5) is 0 Å². The zero-order chi connectivity index (χ0) is 19.4. The third kappa shape index (κ3) is 2.53. The molecule has 0 unspecified atom stereocenters. The average molecular weight is 316 g/mol. The van der Waals surface area contributed by atoms with E-state index in [2.05, 4.69) is 22.4 Å². The van der Waals surface area contributed by atoms with E-state index in [-0.39, 0.29) is 5.69 Å². The number of amides is 1. The molecule has 2 atom stereocenters. The summed E-state index contributed by atoms with van der Waals surface area (Å²) >= 11 is 0. The van der Waals surface area contributed by atoms with Gasteiger partial charge in [0.25, 0.3) is 5.91 Å². The summed E-state index contributed by atoms with van der Waals surface area (Å²) in [6.07, 6.45) is 4.39. The van der Waals surface area contributed by atoms with Gasteiger partial charge in [0, 0.05) is 34.6 Å². The van der Waals surface area contributed by atoms with Gasteiger partial charge in [-0.05, 0) is 38.8 Å². The second-order valence-electron chi connectivity index (χ2n) is 6.65. The number of piperidine rings is 2. The molecule has 0 saturated carbocycles. The van der Waals surface area contributed by atoms with Gasteiger partial charge in [-0.1, -0.05) is 24.6 Å². The summed E-state index contributed by atoms with van der Waals surface area (Å²) in [5, 5.41) is 7.44. The fourth-order valence-corrected chi connectivity index (χ4v) is 3.99. The number of rotatable bonds is 2. The van der Waals surface area contributed by atoms with Crippen LogP contribution in [0.1, 0.15) is 48.1 Å². The summed E-state index contributed by atoms with van der Waals surface area (Å²) in [5.41, 5.74) is 0.458. The number of aryl methyl sites for hydroxylation is 1. The molecule has 2 aliphatic heterocycles. The average Bonchev–Trinajstić information content (AvgIpc) is 2.96. The lowest BCUT2D eigenvalue weighted by atomic mass is 9.82. The highest BCUT2D eigenvalue weighted by molar-refractivity contribution is 6.04. The van der Waals surface area contributed by atoms with Gasteiger partial charge in [-0.2, -0.15) is 5.10 Å². The Balaban J connectivity index is 1.64. The number of hydrogen-bond acceptors (Lipinski definition) is 3. The predicted octanol–water partition coefficient (Wildman–Crippen LogP) is 2.32. The first-order chi connectivity index (χ1) is 12.7. The molecular weight excluding hydrogens is 288 g/mol. The molecule has 2 aliphatic rings. The van der Waals surface area contributed by atoms with Crippen molar-refractivity contribution in [1.29, 1.82) is 0 Å². The molecule has 2 fully saturated rings. The number of para-hydroxylation sites is 1. The summed E-state index contributed by atoms with van der Waals surface area (Å²) in [6, 6.07) is 6.35. The minimum Gasteiger partial charge on any atom is -0.348 e. The van der Waals surface area contributed by atoms with Crippen LogP contribution in [0, 0.1) is 0 Å². The molecule has 1 N–H and O–H groups in total. The molecular formula is C18H24N4O. The number of carbonyl (C=O) groups is 1. The van der Waals surface area contributed by atoms with Gasteiger partial charge in [-0.15, -0.1) is 0 Å². The molecule has 0 radical (unpaired) electrons. The highest BCUT2D eigenvalue weighted by Gasteiger charge is 2.36. The van der Waals surface area contributed by atoms with Crippen molar-refractivity contribution in [2.45, 2.75) is 50.2 Å². The van der Waals surface area contributed by atoms with Crippen molar-refractivity contribution in [1.82, 2.24) is 20.0 Å². The third-order valence-electron chi connectivity index (χ3n) is 5.28. The number of fused-ring (bicyclic) bond motifs is 3. The predicted molar refractivity (Wildman–Crippen MR) is 90.4 cm³/mol. The molecule has 4 rings (SSSR count). The van der Waals surface area contributed by atoms with Crippen molar-refractivity contribution < 1.29 is 10.3 Å². The van der Waals surface area contributed by atoms with Crippen molar-refractivity contribution >= 4 is 16.8 Å². The smallest absolute Gasteiger partial charge is 0.272 e. The van der Waals surface area contributed by atoms with E-state index >= 15 is 0 Å². The minimum absolute atomic E-state index is 0.0671. The van der Waals surface area contributed by atoms with Crippen LogP contribution < -0.4 is 5.32 Å². The van der Waals surface area contributed by atoms with Crippen LogP contribution in [0.25, 0.3) is 10.9 Å². The molecule has 23 heavy (non-hydrogen) atoms. The molecule has 1 aromatic heterocycles. The third-order valence-corrected chi connectivity index (χ3v) is 5.28. The maximum atomic E-state index is 13.0. The van der Waals surface area contributed by atoms with Crippen LogP contribution in [-0.4, -0.2) is 45.7 Å². The summed E-state index contributed by atoms with van der Waals surface area (Å²) in [4.78, 5) is 15.3. The van der Waals surface area contributed by atoms with Crippen LogP contribution in [0.5, 0.6) is 0 Å². The van der Waals surface area contributed by atoms with Gasteiger partial charge in [-0.3, -0.25) is 9.48 Å². The van der Waals surface area contributed by atoms with Crippen molar-refractivity contribution in [3.8, 4) is 0 Å². The Morgan fingerprint density at radius 3 is 2.83 bits per heavy atom. The second-order valence-corrected chi connectivity index (χ2v) is 6.65. The maximum absolute atomic E-state index is 13.0. The van der Waals surface area contributed by atoms with E-state index < -0.39 is 18.9 Å². The topological polar surface area (TPSA) is 50.2 Å². The molecule has 3 heterocycles. The van der Waals surface area contributed by atoms with E-state index in [1.807, 2.05) is 0 Å². The first-order valence-corrected chi connectivity index (χ1v) is 8.21. The summed E-state index contributed by atoms with van der Waals surface area (Å²) < 4.78 is 32.7. The van der Waals surface area contributed by atoms with Crippen LogP contribution in [0.3, 0.4) is 0 Å². The number of nitrogens with one attached hydrogen (secondary N) is 1. The SMILES string of the molecule is [2H]C1(NC(=O)c2nn(C([2H])([2H])[2H])c3ccccc23)C[C@H]2CCC[C@H](C1)N2C. The Kier molecular flexibility index (Phi) is 2.65. The molecule has 2 bridgehead atoms. The van der Waals surface area contributed by atoms with Gasteiger partial charge in [-0.25, -0.2) is 0 Å². The lowest BCUT2D eigenvalue weighted by Crippen LogP contribution is -2.55. The summed E-state index contributed by atoms with van der Waals surface area (Å²) in [6.45, 7) is -2.47. The molecule has 0 spiro atoms. The summed E-state index contributed by atoms with van der Waals surface area (Å²) in [5.74, 6) is -0.480. The fourth-order valence-electron chi connectivity index (χ4n) is 3.99. The van der Waals surface area contributed by atoms with Gasteiger partial charge in [0.1, 0.15) is 0 Å². The summed E-state index contributed by atoms with van der Waals surface area (Å²) in [7, 11) is 2.10. The molecule has 1 aromatic carbocycles. The van der Waals surface area contributed by atoms with Crippen molar-refractivity contribution in [2.75, 3.05) is 7.05 Å². The van der Waals surface area contributed by atoms with Gasteiger partial charge in [0.2, 0.25) is 0 Å². The van der Waals surface area contributed by atoms with Gasteiger partial charge < -0.3 is 10.2 Å². The van der Waals surface area contributed by atoms with Gasteiger partial charge in [0.05, 0.1) is 6.89 Å². The number of aromatic nitrogens is 2. The zero-order valence-electron chi connectivity index (χ0n) is 17.2. The Morgan fingerprint density at radius 2 is 2.09 bits per heavy atom. The Hall–Kier alpha value is -1.88. The lowest BCUT2D eigenvalue weighted by molar-refractivity contribution is 0.0462. The van der Waals surface area contributed by atoms with Crippen LogP contribution >= 0.6 is 0 Å². The fraction of sp³-hybridized carbons (Fsp3) is 0.556. The van der Waals surface area contributed by atoms with Crippen molar-refractivity contribution in [2.24, 2.45) is 6.98 Å². The van der Waals surface area contributed by atoms with Gasteiger partial charge >= 0.3 is 0 Å². The van der Waals surface area contributed by atoms with E-state index in [1.54, 1.807) is 24.3 Å². The minimum atomic E-state index is -2.47. The molecule has 1 amide bonds. The monoisotopic (exact) mass is 316 g/mol. The molecule has 0 aliphatic carbocycles. The molecule has 2 saturated heterocycles. The second kappa shape index (κ2) is 5.64. The lowest BCUT2D eigenvalue weighted by Gasteiger charge is -2.47. The number of nitrogens with zero attached hydrogens (tertiary/aromatic N) is 3. The molecule has 5 heteroatoms. The van der Waals surface area contributed by atoms with Crippen LogP contribution in [0.2, 0.25) is 0 Å². The highest BCUT2D eigenvalue weighted by atomic mass is 16.2. The number of hydrogen-bond donors (Lipinski definition) is 1. The first-order valence-electron chi connectivity index (χ1n) is 10.2. The van der Waals surface area contributed by atoms with Crippen LogP contribution in [-0.2, 0) is 6.98 Å². The molecule has 122 valence electrons. The van der Waals surface area contributed by atoms with E-state index in [0.29, 0.717) is 35.8 Å². The normalized spacial score (nSPS) is 34.3. The Labute approximate surface area is 142 Å². The van der Waals surface area contributed by atoms with Gasteiger partial charge in [0.15, 0.2) is 5.69 Å². The standard InChI is InChI=1S/C18H24N4O/c1-21-13-6-5-7-14(21)11-12(10-13)19-18(23)17-15-8-3-4-9-16(15)22(2)20-17/h3-4,8-9,12-14H,5-7,10-11H2,1-2H3,(H,19,23)/t13-,14-/m1/s1/i2D3,12D. The molecule has 5 nitrogen and oxygen atoms in total. The Morgan fingerprint density at radius 1 is 1.35 bits per heavy atom. The maximum Gasteiger partial charge on any atom is 0.272 e. The number of benzene rings is 1.